The lowest BCUT2D eigenvalue weighted by molar-refractivity contribution is -0.141. The van der Waals surface area contributed by atoms with Gasteiger partial charge >= 0.3 is 18.0 Å². The molecule has 0 rings (SSSR count). The van der Waals surface area contributed by atoms with Gasteiger partial charge in [0.25, 0.3) is 0 Å². The topological polar surface area (TPSA) is 125 Å². The number of nitrogens with one attached hydrogen (secondary N) is 2. The van der Waals surface area contributed by atoms with E-state index in [1.54, 1.807) is 0 Å². The molecule has 0 atom stereocenters. The van der Waals surface area contributed by atoms with Crippen LogP contribution in [0.3, 0.4) is 0 Å². The third kappa shape index (κ3) is 7.04. The lowest BCUT2D eigenvalue weighted by atomic mass is 10.5. The number of esters is 1. The summed E-state index contributed by atoms with van der Waals surface area (Å²) in [4.78, 5) is 44.4. The minimum atomic E-state index is -1.18. The van der Waals surface area contributed by atoms with Gasteiger partial charge in [0.2, 0.25) is 5.91 Å². The maximum Gasteiger partial charge on any atom is 0.325 e. The fraction of sp³-hybridized carbons (Fsp3) is 0.556. The molecular formula is C9H15N3O6. The second kappa shape index (κ2) is 7.87. The van der Waals surface area contributed by atoms with Gasteiger partial charge in [-0.25, -0.2) is 4.79 Å². The van der Waals surface area contributed by atoms with E-state index < -0.39 is 30.4 Å². The van der Waals surface area contributed by atoms with Crippen LogP contribution >= 0.6 is 0 Å². The van der Waals surface area contributed by atoms with Gasteiger partial charge in [0.05, 0.1) is 13.7 Å². The normalized spacial score (nSPS) is 9.22. The largest absolute Gasteiger partial charge is 0.480 e. The quantitative estimate of drug-likeness (QED) is 0.475. The van der Waals surface area contributed by atoms with Crippen molar-refractivity contribution in [2.75, 3.05) is 33.8 Å². The van der Waals surface area contributed by atoms with Crippen LogP contribution in [0.25, 0.3) is 0 Å². The standard InChI is InChI=1S/C9H15N3O6/c1-12(5-8(16)18-2)9(17)11-3-6(13)10-4-7(14)15/h3-5H2,1-2H3,(H,10,13)(H,11,17)(H,14,15). The predicted octanol–water partition coefficient (Wildman–Crippen LogP) is -2.00. The van der Waals surface area contributed by atoms with Crippen molar-refractivity contribution in [3.05, 3.63) is 0 Å². The Morgan fingerprint density at radius 2 is 1.78 bits per heavy atom. The van der Waals surface area contributed by atoms with Gasteiger partial charge in [0.15, 0.2) is 0 Å². The first-order valence-corrected chi connectivity index (χ1v) is 4.91. The summed E-state index contributed by atoms with van der Waals surface area (Å²) in [7, 11) is 2.54. The third-order valence-electron chi connectivity index (χ3n) is 1.78. The van der Waals surface area contributed by atoms with E-state index in [9.17, 15) is 19.2 Å². The van der Waals surface area contributed by atoms with Crippen LogP contribution < -0.4 is 10.6 Å². The molecule has 0 radical (unpaired) electrons. The maximum absolute atomic E-state index is 11.3. The van der Waals surface area contributed by atoms with Gasteiger partial charge in [0, 0.05) is 7.05 Å². The summed E-state index contributed by atoms with van der Waals surface area (Å²) >= 11 is 0. The van der Waals surface area contributed by atoms with Crippen molar-refractivity contribution in [2.45, 2.75) is 0 Å². The molecule has 9 nitrogen and oxygen atoms in total. The third-order valence-corrected chi connectivity index (χ3v) is 1.78. The zero-order valence-electron chi connectivity index (χ0n) is 10.1. The highest BCUT2D eigenvalue weighted by molar-refractivity contribution is 5.87. The number of rotatable bonds is 6. The van der Waals surface area contributed by atoms with E-state index in [-0.39, 0.29) is 13.1 Å². The van der Waals surface area contributed by atoms with Gasteiger partial charge in [0.1, 0.15) is 13.1 Å². The predicted molar refractivity (Wildman–Crippen MR) is 58.7 cm³/mol. The number of carbonyl (C=O) groups excluding carboxylic acids is 3. The Labute approximate surface area is 103 Å². The molecule has 0 saturated heterocycles. The van der Waals surface area contributed by atoms with Crippen LogP contribution in [0.1, 0.15) is 0 Å². The Morgan fingerprint density at radius 1 is 1.17 bits per heavy atom. The van der Waals surface area contributed by atoms with Crippen molar-refractivity contribution < 1.29 is 29.0 Å². The van der Waals surface area contributed by atoms with Crippen LogP contribution in [-0.4, -0.2) is 67.7 Å². The Kier molecular flexibility index (Phi) is 6.86. The summed E-state index contributed by atoms with van der Waals surface area (Å²) in [5.41, 5.74) is 0. The number of likely N-dealkylation sites (N-methyl/N-ethyl adjacent to an activating group) is 1. The number of carboxylic acids is 1. The molecule has 0 spiro atoms. The van der Waals surface area contributed by atoms with E-state index in [2.05, 4.69) is 15.4 Å². The molecule has 0 aromatic heterocycles. The van der Waals surface area contributed by atoms with E-state index >= 15 is 0 Å². The molecule has 18 heavy (non-hydrogen) atoms. The lowest BCUT2D eigenvalue weighted by Gasteiger charge is -2.16. The summed E-state index contributed by atoms with van der Waals surface area (Å²) < 4.78 is 4.36. The van der Waals surface area contributed by atoms with Crippen molar-refractivity contribution in [2.24, 2.45) is 0 Å². The number of methoxy groups -OCH3 is 1. The second-order valence-corrected chi connectivity index (χ2v) is 3.26. The molecule has 0 saturated carbocycles. The smallest absolute Gasteiger partial charge is 0.325 e. The van der Waals surface area contributed by atoms with Crippen molar-refractivity contribution in [3.8, 4) is 0 Å². The van der Waals surface area contributed by atoms with E-state index in [1.165, 1.54) is 14.2 Å². The molecule has 3 amide bonds. The number of aliphatic carboxylic acids is 1. The fourth-order valence-corrected chi connectivity index (χ4v) is 0.858. The van der Waals surface area contributed by atoms with Crippen LogP contribution in [0.2, 0.25) is 0 Å². The van der Waals surface area contributed by atoms with Crippen LogP contribution in [0.4, 0.5) is 4.79 Å². The van der Waals surface area contributed by atoms with Crippen LogP contribution in [0.5, 0.6) is 0 Å². The molecule has 0 aliphatic heterocycles. The van der Waals surface area contributed by atoms with E-state index in [0.717, 1.165) is 4.90 Å². The monoisotopic (exact) mass is 261 g/mol. The van der Waals surface area contributed by atoms with E-state index in [4.69, 9.17) is 5.11 Å². The molecule has 0 aromatic carbocycles. The molecule has 9 heteroatoms. The summed E-state index contributed by atoms with van der Waals surface area (Å²) in [6.45, 7) is -1.15. The highest BCUT2D eigenvalue weighted by atomic mass is 16.5. The number of hydrogen-bond donors (Lipinski definition) is 3. The second-order valence-electron chi connectivity index (χ2n) is 3.26. The number of hydrogen-bond acceptors (Lipinski definition) is 5. The molecule has 0 aromatic rings. The number of ether oxygens (including phenoxy) is 1. The Hall–Kier alpha value is -2.32. The zero-order valence-corrected chi connectivity index (χ0v) is 10.1. The molecular weight excluding hydrogens is 246 g/mol. The maximum atomic E-state index is 11.3. The first kappa shape index (κ1) is 15.7. The molecule has 0 aliphatic carbocycles. The molecule has 0 bridgehead atoms. The van der Waals surface area contributed by atoms with Crippen LogP contribution in [0, 0.1) is 0 Å². The van der Waals surface area contributed by atoms with E-state index in [0.29, 0.717) is 0 Å². The Bertz CT molecular complexity index is 343. The fourth-order valence-electron chi connectivity index (χ4n) is 0.858. The SMILES string of the molecule is COC(=O)CN(C)C(=O)NCC(=O)NCC(=O)O. The van der Waals surface area contributed by atoms with Gasteiger partial charge in [-0.2, -0.15) is 0 Å². The summed E-state index contributed by atoms with van der Waals surface area (Å²) in [6, 6.07) is -0.647. The number of carboxylic acid groups (broad SMARTS) is 1. The van der Waals surface area contributed by atoms with E-state index in [1.807, 2.05) is 0 Å². The first-order valence-electron chi connectivity index (χ1n) is 4.91. The summed E-state index contributed by atoms with van der Waals surface area (Å²) in [5, 5.41) is 12.6. The average Bonchev–Trinajstić information content (AvgIpc) is 2.32. The molecule has 0 heterocycles. The number of urea groups is 1. The van der Waals surface area contributed by atoms with Crippen molar-refractivity contribution in [1.29, 1.82) is 0 Å². The zero-order chi connectivity index (χ0) is 14.1. The molecule has 3 N–H and O–H groups in total. The van der Waals surface area contributed by atoms with Crippen LogP contribution in [0.15, 0.2) is 0 Å². The van der Waals surface area contributed by atoms with Gasteiger partial charge < -0.3 is 25.4 Å². The average molecular weight is 261 g/mol. The van der Waals surface area contributed by atoms with Gasteiger partial charge in [-0.1, -0.05) is 0 Å². The first-order chi connectivity index (χ1) is 8.36. The van der Waals surface area contributed by atoms with Gasteiger partial charge in [-0.15, -0.1) is 0 Å². The van der Waals surface area contributed by atoms with Crippen molar-refractivity contribution >= 4 is 23.9 Å². The number of carbonyl (C=O) groups is 4. The van der Waals surface area contributed by atoms with Gasteiger partial charge in [-0.3, -0.25) is 14.4 Å². The number of amides is 3. The van der Waals surface area contributed by atoms with Crippen molar-refractivity contribution in [1.82, 2.24) is 15.5 Å². The Balaban J connectivity index is 3.91. The lowest BCUT2D eigenvalue weighted by Crippen LogP contribution is -2.45. The van der Waals surface area contributed by atoms with Crippen molar-refractivity contribution in [3.63, 3.8) is 0 Å². The molecule has 0 fully saturated rings. The van der Waals surface area contributed by atoms with Crippen LogP contribution in [-0.2, 0) is 19.1 Å². The minimum Gasteiger partial charge on any atom is -0.480 e. The minimum absolute atomic E-state index is 0.251. The molecule has 102 valence electrons. The summed E-state index contributed by atoms with van der Waals surface area (Å²) in [5.74, 6) is -2.42. The molecule has 0 unspecified atom stereocenters. The highest BCUT2D eigenvalue weighted by Gasteiger charge is 2.13. The summed E-state index contributed by atoms with van der Waals surface area (Å²) in [6.07, 6.45) is 0. The highest BCUT2D eigenvalue weighted by Crippen LogP contribution is 1.85. The van der Waals surface area contributed by atoms with Gasteiger partial charge in [-0.05, 0) is 0 Å². The number of nitrogens with zero attached hydrogens (tertiary/aromatic N) is 1. The molecule has 0 aliphatic rings. The Morgan fingerprint density at radius 3 is 2.28 bits per heavy atom.